The Morgan fingerprint density at radius 2 is 1.96 bits per heavy atom. The fraction of sp³-hybridized carbons (Fsp3) is 0.286. The second-order valence-electron chi connectivity index (χ2n) is 6.58. The summed E-state index contributed by atoms with van der Waals surface area (Å²) in [6.45, 7) is 1.69. The number of rotatable bonds is 6. The molecule has 1 heterocycles. The van der Waals surface area contributed by atoms with Gasteiger partial charge in [-0.3, -0.25) is 14.4 Å². The van der Waals surface area contributed by atoms with Crippen LogP contribution in [-0.4, -0.2) is 38.0 Å². The zero-order chi connectivity index (χ0) is 20.1. The number of nitrogens with one attached hydrogen (secondary N) is 1. The molecule has 7 nitrogen and oxygen atoms in total. The maximum atomic E-state index is 12.3. The van der Waals surface area contributed by atoms with Crippen LogP contribution in [0.3, 0.4) is 0 Å². The molecule has 0 aromatic heterocycles. The Hall–Kier alpha value is -3.35. The van der Waals surface area contributed by atoms with E-state index in [1.54, 1.807) is 37.4 Å². The molecule has 3 rings (SSSR count). The predicted molar refractivity (Wildman–Crippen MR) is 104 cm³/mol. The molecule has 0 radical (unpaired) electrons. The first-order valence-corrected chi connectivity index (χ1v) is 8.94. The molecule has 1 aliphatic heterocycles. The number of ether oxygens (including phenoxy) is 2. The number of aryl methyl sites for hydroxylation is 1. The van der Waals surface area contributed by atoms with Crippen molar-refractivity contribution in [3.63, 3.8) is 0 Å². The van der Waals surface area contributed by atoms with E-state index >= 15 is 0 Å². The van der Waals surface area contributed by atoms with Crippen molar-refractivity contribution < 1.29 is 23.9 Å². The van der Waals surface area contributed by atoms with Crippen LogP contribution >= 0.6 is 0 Å². The molecule has 1 saturated heterocycles. The fourth-order valence-corrected chi connectivity index (χ4v) is 3.05. The number of hydrogen-bond donors (Lipinski definition) is 1. The van der Waals surface area contributed by atoms with Gasteiger partial charge < -0.3 is 19.7 Å². The lowest BCUT2D eigenvalue weighted by atomic mass is 10.1. The topological polar surface area (TPSA) is 84.9 Å². The van der Waals surface area contributed by atoms with Gasteiger partial charge in [0, 0.05) is 30.4 Å². The maximum absolute atomic E-state index is 12.3. The summed E-state index contributed by atoms with van der Waals surface area (Å²) in [5, 5.41) is 2.70. The third kappa shape index (κ3) is 4.49. The number of hydrogen-bond acceptors (Lipinski definition) is 5. The first kappa shape index (κ1) is 19.4. The number of benzene rings is 2. The van der Waals surface area contributed by atoms with E-state index in [-0.39, 0.29) is 18.9 Å². The molecule has 1 fully saturated rings. The van der Waals surface area contributed by atoms with Gasteiger partial charge in [0.05, 0.1) is 13.0 Å². The summed E-state index contributed by atoms with van der Waals surface area (Å²) >= 11 is 0. The van der Waals surface area contributed by atoms with Crippen molar-refractivity contribution in [2.45, 2.75) is 13.3 Å². The Bertz CT molecular complexity index is 896. The van der Waals surface area contributed by atoms with E-state index in [1.807, 2.05) is 25.1 Å². The quantitative estimate of drug-likeness (QED) is 0.776. The molecular weight excluding hydrogens is 360 g/mol. The molecule has 1 aliphatic rings. The second kappa shape index (κ2) is 8.56. The number of anilines is 2. The molecular formula is C21H22N2O5. The van der Waals surface area contributed by atoms with Crippen LogP contribution < -0.4 is 15.0 Å². The average molecular weight is 382 g/mol. The van der Waals surface area contributed by atoms with E-state index in [4.69, 9.17) is 9.47 Å². The van der Waals surface area contributed by atoms with Gasteiger partial charge in [0.25, 0.3) is 5.91 Å². The van der Waals surface area contributed by atoms with E-state index in [0.29, 0.717) is 17.1 Å². The van der Waals surface area contributed by atoms with Crippen LogP contribution in [0.2, 0.25) is 0 Å². The number of carbonyl (C=O) groups is 3. The highest BCUT2D eigenvalue weighted by atomic mass is 16.5. The zero-order valence-corrected chi connectivity index (χ0v) is 15.8. The molecule has 0 unspecified atom stereocenters. The second-order valence-corrected chi connectivity index (χ2v) is 6.58. The van der Waals surface area contributed by atoms with Gasteiger partial charge in [0.2, 0.25) is 5.91 Å². The van der Waals surface area contributed by atoms with Crippen molar-refractivity contribution in [3.05, 3.63) is 54.1 Å². The maximum Gasteiger partial charge on any atom is 0.311 e. The Labute approximate surface area is 163 Å². The van der Waals surface area contributed by atoms with E-state index in [9.17, 15) is 14.4 Å². The van der Waals surface area contributed by atoms with E-state index in [1.165, 1.54) is 4.90 Å². The minimum atomic E-state index is -0.607. The van der Waals surface area contributed by atoms with E-state index in [2.05, 4.69) is 5.32 Å². The van der Waals surface area contributed by atoms with Crippen molar-refractivity contribution >= 4 is 29.2 Å². The molecule has 0 saturated carbocycles. The van der Waals surface area contributed by atoms with Crippen LogP contribution in [0.1, 0.15) is 12.0 Å². The van der Waals surface area contributed by atoms with E-state index < -0.39 is 24.4 Å². The van der Waals surface area contributed by atoms with Gasteiger partial charge >= 0.3 is 5.97 Å². The lowest BCUT2D eigenvalue weighted by Gasteiger charge is -2.17. The zero-order valence-electron chi connectivity index (χ0n) is 15.8. The van der Waals surface area contributed by atoms with Gasteiger partial charge in [-0.15, -0.1) is 0 Å². The highest BCUT2D eigenvalue weighted by molar-refractivity contribution is 6.00. The summed E-state index contributed by atoms with van der Waals surface area (Å²) in [7, 11) is 1.55. The molecule has 0 bridgehead atoms. The molecule has 2 amide bonds. The van der Waals surface area contributed by atoms with E-state index in [0.717, 1.165) is 5.56 Å². The van der Waals surface area contributed by atoms with Crippen LogP contribution in [0.5, 0.6) is 5.75 Å². The predicted octanol–water partition coefficient (Wildman–Crippen LogP) is 2.54. The van der Waals surface area contributed by atoms with Crippen LogP contribution in [0, 0.1) is 12.8 Å². The number of carbonyl (C=O) groups excluding carboxylic acids is 3. The van der Waals surface area contributed by atoms with Gasteiger partial charge in [0.1, 0.15) is 5.75 Å². The smallest absolute Gasteiger partial charge is 0.311 e. The third-order valence-electron chi connectivity index (χ3n) is 4.59. The normalized spacial score (nSPS) is 16.0. The summed E-state index contributed by atoms with van der Waals surface area (Å²) in [4.78, 5) is 38.2. The number of para-hydroxylation sites is 1. The van der Waals surface area contributed by atoms with Gasteiger partial charge in [-0.25, -0.2) is 0 Å². The Morgan fingerprint density at radius 1 is 1.18 bits per heavy atom. The van der Waals surface area contributed by atoms with Crippen LogP contribution in [-0.2, 0) is 19.1 Å². The fourth-order valence-electron chi connectivity index (χ4n) is 3.05. The first-order valence-electron chi connectivity index (χ1n) is 8.94. The van der Waals surface area contributed by atoms with Crippen molar-refractivity contribution in [2.24, 2.45) is 5.92 Å². The van der Waals surface area contributed by atoms with Gasteiger partial charge in [-0.05, 0) is 30.7 Å². The molecule has 2 aromatic carbocycles. The standard InChI is InChI=1S/C21H22N2O5/c1-14-6-3-4-9-18(14)22-19(24)13-28-21(26)15-10-20(25)23(12-15)16-7-5-8-17(11-16)27-2/h3-9,11,15H,10,12-13H2,1-2H3,(H,22,24)/t15-/m1/s1. The van der Waals surface area contributed by atoms with Gasteiger partial charge in [0.15, 0.2) is 6.61 Å². The largest absolute Gasteiger partial charge is 0.497 e. The summed E-state index contributed by atoms with van der Waals surface area (Å²) in [6, 6.07) is 14.4. The number of methoxy groups -OCH3 is 1. The van der Waals surface area contributed by atoms with Crippen molar-refractivity contribution in [2.75, 3.05) is 30.5 Å². The number of esters is 1. The molecule has 0 spiro atoms. The molecule has 1 atom stereocenters. The summed E-state index contributed by atoms with van der Waals surface area (Å²) in [6.07, 6.45) is 0.0510. The minimum Gasteiger partial charge on any atom is -0.497 e. The minimum absolute atomic E-state index is 0.0510. The number of nitrogens with zero attached hydrogens (tertiary/aromatic N) is 1. The molecule has 0 aliphatic carbocycles. The number of amides is 2. The van der Waals surface area contributed by atoms with Gasteiger partial charge in [-0.2, -0.15) is 0 Å². The first-order chi connectivity index (χ1) is 13.5. The van der Waals surface area contributed by atoms with Crippen molar-refractivity contribution in [1.82, 2.24) is 0 Å². The van der Waals surface area contributed by atoms with Crippen LogP contribution in [0.25, 0.3) is 0 Å². The molecule has 1 N–H and O–H groups in total. The highest BCUT2D eigenvalue weighted by Gasteiger charge is 2.36. The Morgan fingerprint density at radius 3 is 2.71 bits per heavy atom. The summed E-state index contributed by atoms with van der Waals surface area (Å²) in [5.41, 5.74) is 2.25. The lowest BCUT2D eigenvalue weighted by molar-refractivity contribution is -0.151. The Kier molecular flexibility index (Phi) is 5.93. The molecule has 28 heavy (non-hydrogen) atoms. The SMILES string of the molecule is COc1cccc(N2C[C@H](C(=O)OCC(=O)Nc3ccccc3C)CC2=O)c1. The van der Waals surface area contributed by atoms with Crippen LogP contribution in [0.15, 0.2) is 48.5 Å². The molecule has 146 valence electrons. The Balaban J connectivity index is 1.54. The van der Waals surface area contributed by atoms with Gasteiger partial charge in [-0.1, -0.05) is 24.3 Å². The average Bonchev–Trinajstić information content (AvgIpc) is 3.10. The lowest BCUT2D eigenvalue weighted by Crippen LogP contribution is -2.28. The summed E-state index contributed by atoms with van der Waals surface area (Å²) in [5.74, 6) is -1.12. The van der Waals surface area contributed by atoms with Crippen molar-refractivity contribution in [3.8, 4) is 5.75 Å². The molecule has 2 aromatic rings. The monoisotopic (exact) mass is 382 g/mol. The molecule has 7 heteroatoms. The summed E-state index contributed by atoms with van der Waals surface area (Å²) < 4.78 is 10.3. The third-order valence-corrected chi connectivity index (χ3v) is 4.59. The van der Waals surface area contributed by atoms with Crippen LogP contribution in [0.4, 0.5) is 11.4 Å². The van der Waals surface area contributed by atoms with Crippen molar-refractivity contribution in [1.29, 1.82) is 0 Å². The highest BCUT2D eigenvalue weighted by Crippen LogP contribution is 2.28.